The third kappa shape index (κ3) is 4.66. The first-order valence-electron chi connectivity index (χ1n) is 7.26. The molecule has 0 fully saturated rings. The summed E-state index contributed by atoms with van der Waals surface area (Å²) in [7, 11) is -3.88. The molecule has 0 radical (unpaired) electrons. The van der Waals surface area contributed by atoms with Crippen molar-refractivity contribution in [1.82, 2.24) is 10.2 Å². The van der Waals surface area contributed by atoms with Crippen molar-refractivity contribution < 1.29 is 8.42 Å². The van der Waals surface area contributed by atoms with Crippen LogP contribution >= 0.6 is 11.3 Å². The van der Waals surface area contributed by atoms with Crippen LogP contribution in [0.5, 0.6) is 0 Å². The fourth-order valence-electron chi connectivity index (χ4n) is 2.01. The monoisotopic (exact) mass is 370 g/mol. The van der Waals surface area contributed by atoms with Crippen LogP contribution in [-0.2, 0) is 10.0 Å². The number of hydrogen-bond acceptors (Lipinski definition) is 6. The summed E-state index contributed by atoms with van der Waals surface area (Å²) in [6.07, 6.45) is 3.77. The van der Waals surface area contributed by atoms with Gasteiger partial charge >= 0.3 is 0 Å². The lowest BCUT2D eigenvalue weighted by molar-refractivity contribution is 0.596. The SMILES string of the molecule is NS(=O)(=O)c1nnc(/N=C(/C=C/c2ccccc2)c2ccccc2)s1. The van der Waals surface area contributed by atoms with E-state index >= 15 is 0 Å². The van der Waals surface area contributed by atoms with Gasteiger partial charge < -0.3 is 0 Å². The first kappa shape index (κ1) is 17.2. The van der Waals surface area contributed by atoms with Crippen LogP contribution in [0.25, 0.3) is 6.08 Å². The Bertz CT molecular complexity index is 1010. The highest BCUT2D eigenvalue weighted by Crippen LogP contribution is 2.23. The van der Waals surface area contributed by atoms with Crippen LogP contribution < -0.4 is 5.14 Å². The molecule has 3 rings (SSSR count). The van der Waals surface area contributed by atoms with E-state index in [9.17, 15) is 8.42 Å². The van der Waals surface area contributed by atoms with Gasteiger partial charge in [0.05, 0.1) is 5.71 Å². The van der Waals surface area contributed by atoms with E-state index in [1.807, 2.05) is 72.8 Å². The van der Waals surface area contributed by atoms with Crippen LogP contribution in [0.3, 0.4) is 0 Å². The average Bonchev–Trinajstić information content (AvgIpc) is 3.09. The minimum absolute atomic E-state index is 0.223. The molecule has 0 unspecified atom stereocenters. The molecular formula is C17H14N4O2S2. The fraction of sp³-hybridized carbons (Fsp3) is 0. The zero-order valence-corrected chi connectivity index (χ0v) is 14.6. The van der Waals surface area contributed by atoms with E-state index in [4.69, 9.17) is 5.14 Å². The van der Waals surface area contributed by atoms with Gasteiger partial charge in [0.15, 0.2) is 0 Å². The maximum Gasteiger partial charge on any atom is 0.267 e. The van der Waals surface area contributed by atoms with E-state index in [1.165, 1.54) is 0 Å². The molecule has 3 aromatic rings. The first-order valence-corrected chi connectivity index (χ1v) is 9.62. The predicted octanol–water partition coefficient (Wildman–Crippen LogP) is 3.02. The molecule has 0 bridgehead atoms. The number of nitrogens with zero attached hydrogens (tertiary/aromatic N) is 3. The van der Waals surface area contributed by atoms with Gasteiger partial charge in [0.25, 0.3) is 10.0 Å². The molecule has 0 aliphatic heterocycles. The van der Waals surface area contributed by atoms with Crippen molar-refractivity contribution in [1.29, 1.82) is 0 Å². The summed E-state index contributed by atoms with van der Waals surface area (Å²) >= 11 is 0.828. The van der Waals surface area contributed by atoms with Crippen LogP contribution in [0, 0.1) is 0 Å². The van der Waals surface area contributed by atoms with Crippen molar-refractivity contribution in [2.45, 2.75) is 4.34 Å². The summed E-state index contributed by atoms with van der Waals surface area (Å²) in [6, 6.07) is 19.3. The van der Waals surface area contributed by atoms with Crippen LogP contribution in [0.4, 0.5) is 5.13 Å². The summed E-state index contributed by atoms with van der Waals surface area (Å²) < 4.78 is 22.4. The zero-order valence-electron chi connectivity index (χ0n) is 13.0. The molecular weight excluding hydrogens is 356 g/mol. The second-order valence-electron chi connectivity index (χ2n) is 5.00. The molecule has 1 heterocycles. The first-order chi connectivity index (χ1) is 12.0. The Morgan fingerprint density at radius 3 is 2.24 bits per heavy atom. The largest absolute Gasteiger partial charge is 0.267 e. The lowest BCUT2D eigenvalue weighted by Gasteiger charge is -2.00. The molecule has 0 saturated heterocycles. The second-order valence-corrected chi connectivity index (χ2v) is 7.69. The third-order valence-corrected chi connectivity index (χ3v) is 5.29. The van der Waals surface area contributed by atoms with Gasteiger partial charge in [-0.3, -0.25) is 0 Å². The molecule has 0 atom stereocenters. The Balaban J connectivity index is 1.99. The van der Waals surface area contributed by atoms with Crippen molar-refractivity contribution in [3.63, 3.8) is 0 Å². The molecule has 8 heteroatoms. The summed E-state index contributed by atoms with van der Waals surface area (Å²) in [4.78, 5) is 4.43. The van der Waals surface area contributed by atoms with Gasteiger partial charge in [0, 0.05) is 5.56 Å². The van der Waals surface area contributed by atoms with Crippen molar-refractivity contribution in [3.05, 3.63) is 77.9 Å². The molecule has 126 valence electrons. The van der Waals surface area contributed by atoms with E-state index in [2.05, 4.69) is 15.2 Å². The van der Waals surface area contributed by atoms with Gasteiger partial charge in [-0.2, -0.15) is 0 Å². The highest BCUT2D eigenvalue weighted by Gasteiger charge is 2.15. The molecule has 6 nitrogen and oxygen atoms in total. The van der Waals surface area contributed by atoms with Gasteiger partial charge in [0.1, 0.15) is 0 Å². The number of rotatable bonds is 5. The summed E-state index contributed by atoms with van der Waals surface area (Å²) in [6.45, 7) is 0. The highest BCUT2D eigenvalue weighted by molar-refractivity contribution is 7.91. The predicted molar refractivity (Wildman–Crippen MR) is 99.4 cm³/mol. The molecule has 0 spiro atoms. The van der Waals surface area contributed by atoms with Crippen molar-refractivity contribution >= 4 is 38.3 Å². The van der Waals surface area contributed by atoms with Gasteiger partial charge in [-0.05, 0) is 11.6 Å². The van der Waals surface area contributed by atoms with Crippen LogP contribution in [0.1, 0.15) is 11.1 Å². The maximum atomic E-state index is 11.3. The lowest BCUT2D eigenvalue weighted by Crippen LogP contribution is -2.11. The summed E-state index contributed by atoms with van der Waals surface area (Å²) in [5.74, 6) is 0. The van der Waals surface area contributed by atoms with Crippen molar-refractivity contribution in [3.8, 4) is 0 Å². The van der Waals surface area contributed by atoms with Crippen LogP contribution in [0.15, 0.2) is 76.1 Å². The van der Waals surface area contributed by atoms with E-state index in [-0.39, 0.29) is 9.47 Å². The fourth-order valence-corrected chi connectivity index (χ4v) is 3.32. The summed E-state index contributed by atoms with van der Waals surface area (Å²) in [5.41, 5.74) is 2.54. The van der Waals surface area contributed by atoms with E-state index < -0.39 is 10.0 Å². The van der Waals surface area contributed by atoms with Crippen LogP contribution in [0.2, 0.25) is 0 Å². The Morgan fingerprint density at radius 1 is 1.00 bits per heavy atom. The number of aromatic nitrogens is 2. The quantitative estimate of drug-likeness (QED) is 0.698. The number of hydrogen-bond donors (Lipinski definition) is 1. The summed E-state index contributed by atoms with van der Waals surface area (Å²) in [5, 5.41) is 12.7. The second kappa shape index (κ2) is 7.47. The Labute approximate surface area is 149 Å². The van der Waals surface area contributed by atoms with Gasteiger partial charge in [-0.1, -0.05) is 78.1 Å². The zero-order chi connectivity index (χ0) is 17.7. The average molecular weight is 370 g/mol. The van der Waals surface area contributed by atoms with Crippen molar-refractivity contribution in [2.75, 3.05) is 0 Å². The van der Waals surface area contributed by atoms with E-state index in [0.717, 1.165) is 22.5 Å². The number of benzene rings is 2. The lowest BCUT2D eigenvalue weighted by atomic mass is 10.1. The molecule has 0 aliphatic carbocycles. The van der Waals surface area contributed by atoms with Crippen LogP contribution in [-0.4, -0.2) is 24.3 Å². The van der Waals surface area contributed by atoms with Crippen molar-refractivity contribution in [2.24, 2.45) is 10.1 Å². The Hall–Kier alpha value is -2.68. The molecule has 0 saturated carbocycles. The van der Waals surface area contributed by atoms with E-state index in [1.54, 1.807) is 0 Å². The smallest absolute Gasteiger partial charge is 0.223 e. The number of nitrogens with two attached hydrogens (primary N) is 1. The highest BCUT2D eigenvalue weighted by atomic mass is 32.2. The number of aliphatic imine (C=N–C) groups is 1. The molecule has 0 amide bonds. The number of allylic oxidation sites excluding steroid dienone is 1. The minimum atomic E-state index is -3.88. The molecule has 0 aliphatic rings. The van der Waals surface area contributed by atoms with Gasteiger partial charge in [-0.25, -0.2) is 18.5 Å². The Morgan fingerprint density at radius 2 is 1.64 bits per heavy atom. The normalized spacial score (nSPS) is 12.6. The molecule has 2 aromatic carbocycles. The third-order valence-electron chi connectivity index (χ3n) is 3.16. The van der Waals surface area contributed by atoms with Gasteiger partial charge in [-0.15, -0.1) is 10.2 Å². The number of primary sulfonamides is 1. The maximum absolute atomic E-state index is 11.3. The number of sulfonamides is 1. The topological polar surface area (TPSA) is 98.3 Å². The minimum Gasteiger partial charge on any atom is -0.223 e. The van der Waals surface area contributed by atoms with Gasteiger partial charge in [0.2, 0.25) is 9.47 Å². The Kier molecular flexibility index (Phi) is 5.13. The molecule has 1 aromatic heterocycles. The molecule has 25 heavy (non-hydrogen) atoms. The standard InChI is InChI=1S/C17H14N4O2S2/c18-25(22,23)17-21-20-16(24-17)19-15(14-9-5-2-6-10-14)12-11-13-7-3-1-4-8-13/h1-12H,(H2,18,22,23)/b12-11+,19-15-. The molecule has 2 N–H and O–H groups in total. The van der Waals surface area contributed by atoms with E-state index in [0.29, 0.717) is 5.71 Å².